The van der Waals surface area contributed by atoms with Gasteiger partial charge in [-0.3, -0.25) is 10.1 Å². The Hall–Kier alpha value is -1.78. The van der Waals surface area contributed by atoms with Gasteiger partial charge in [0.25, 0.3) is 5.69 Å². The predicted molar refractivity (Wildman–Crippen MR) is 87.1 cm³/mol. The van der Waals surface area contributed by atoms with Crippen molar-refractivity contribution in [2.24, 2.45) is 0 Å². The second-order valence-electron chi connectivity index (χ2n) is 5.06. The second kappa shape index (κ2) is 7.20. The van der Waals surface area contributed by atoms with E-state index in [-0.39, 0.29) is 11.8 Å². The molecule has 23 heavy (non-hydrogen) atoms. The van der Waals surface area contributed by atoms with E-state index in [2.05, 4.69) is 20.5 Å². The molecule has 1 atom stereocenters. The molecule has 2 aromatic rings. The fourth-order valence-corrected chi connectivity index (χ4v) is 3.86. The minimum absolute atomic E-state index is 0.0111. The molecule has 10 heteroatoms. The summed E-state index contributed by atoms with van der Waals surface area (Å²) >= 11 is 2.78. The summed E-state index contributed by atoms with van der Waals surface area (Å²) in [6, 6.07) is 1.51. The van der Waals surface area contributed by atoms with Gasteiger partial charge in [0.2, 0.25) is 5.13 Å². The van der Waals surface area contributed by atoms with Crippen LogP contribution in [0.15, 0.2) is 21.6 Å². The van der Waals surface area contributed by atoms with Crippen LogP contribution in [0.3, 0.4) is 0 Å². The smallest absolute Gasteiger partial charge is 0.287 e. The minimum atomic E-state index is -0.452. The van der Waals surface area contributed by atoms with Crippen LogP contribution in [0.4, 0.5) is 10.8 Å². The number of nitrogens with one attached hydrogen (secondary N) is 1. The summed E-state index contributed by atoms with van der Waals surface area (Å²) in [6.45, 7) is 3.35. The van der Waals surface area contributed by atoms with E-state index in [1.54, 1.807) is 6.92 Å². The fraction of sp³-hybridized carbons (Fsp3) is 0.462. The Balaban J connectivity index is 1.61. The molecule has 8 nitrogen and oxygen atoms in total. The van der Waals surface area contributed by atoms with Gasteiger partial charge in [-0.2, -0.15) is 0 Å². The molecular weight excluding hydrogens is 338 g/mol. The maximum atomic E-state index is 10.7. The third-order valence-corrected chi connectivity index (χ3v) is 5.37. The van der Waals surface area contributed by atoms with E-state index in [0.717, 1.165) is 41.0 Å². The van der Waals surface area contributed by atoms with Gasteiger partial charge >= 0.3 is 0 Å². The van der Waals surface area contributed by atoms with E-state index < -0.39 is 4.92 Å². The number of anilines is 1. The number of nitrogens with zero attached hydrogens (tertiary/aromatic N) is 4. The fourth-order valence-electron chi connectivity index (χ4n) is 2.17. The zero-order chi connectivity index (χ0) is 16.2. The first kappa shape index (κ1) is 16.1. The molecule has 1 saturated heterocycles. The lowest BCUT2D eigenvalue weighted by atomic mass is 10.2. The molecule has 0 spiro atoms. The number of aryl methyl sites for hydroxylation is 1. The number of aromatic nitrogens is 3. The van der Waals surface area contributed by atoms with Crippen molar-refractivity contribution in [3.8, 4) is 0 Å². The van der Waals surface area contributed by atoms with Gasteiger partial charge in [0, 0.05) is 19.2 Å². The van der Waals surface area contributed by atoms with Crippen molar-refractivity contribution < 1.29 is 9.66 Å². The topological polar surface area (TPSA) is 103 Å². The van der Waals surface area contributed by atoms with Crippen molar-refractivity contribution in [2.75, 3.05) is 18.5 Å². The summed E-state index contributed by atoms with van der Waals surface area (Å²) < 4.78 is 6.29. The molecule has 0 aliphatic carbocycles. The minimum Gasteiger partial charge on any atom is -0.376 e. The molecule has 1 aliphatic rings. The van der Waals surface area contributed by atoms with Crippen LogP contribution in [0.1, 0.15) is 18.4 Å². The normalized spacial score (nSPS) is 17.3. The van der Waals surface area contributed by atoms with Gasteiger partial charge < -0.3 is 10.1 Å². The number of hydrogen-bond acceptors (Lipinski definition) is 9. The highest BCUT2D eigenvalue weighted by molar-refractivity contribution is 8.01. The van der Waals surface area contributed by atoms with Gasteiger partial charge in [-0.05, 0) is 37.1 Å². The summed E-state index contributed by atoms with van der Waals surface area (Å²) in [7, 11) is 0. The van der Waals surface area contributed by atoms with Crippen molar-refractivity contribution in [1.82, 2.24) is 15.2 Å². The van der Waals surface area contributed by atoms with Crippen molar-refractivity contribution >= 4 is 33.9 Å². The molecule has 1 fully saturated rings. The van der Waals surface area contributed by atoms with Crippen molar-refractivity contribution in [2.45, 2.75) is 35.2 Å². The lowest BCUT2D eigenvalue weighted by molar-refractivity contribution is -0.385. The summed E-state index contributed by atoms with van der Waals surface area (Å²) in [5.74, 6) is 0. The first-order chi connectivity index (χ1) is 11.1. The molecule has 3 rings (SSSR count). The summed E-state index contributed by atoms with van der Waals surface area (Å²) in [5, 5.41) is 23.6. The molecule has 2 aromatic heterocycles. The lowest BCUT2D eigenvalue weighted by Crippen LogP contribution is -2.18. The van der Waals surface area contributed by atoms with Crippen LogP contribution in [0.5, 0.6) is 0 Å². The quantitative estimate of drug-likeness (QED) is 0.624. The van der Waals surface area contributed by atoms with Gasteiger partial charge in [-0.15, -0.1) is 10.2 Å². The Kier molecular flexibility index (Phi) is 5.03. The maximum absolute atomic E-state index is 10.7. The number of rotatable bonds is 6. The lowest BCUT2D eigenvalue weighted by Gasteiger charge is -2.08. The van der Waals surface area contributed by atoms with Crippen LogP contribution in [0.25, 0.3) is 0 Å². The first-order valence-corrected chi connectivity index (χ1v) is 8.73. The largest absolute Gasteiger partial charge is 0.376 e. The van der Waals surface area contributed by atoms with E-state index in [9.17, 15) is 10.1 Å². The van der Waals surface area contributed by atoms with Gasteiger partial charge in [0.05, 0.1) is 11.0 Å². The summed E-state index contributed by atoms with van der Waals surface area (Å²) in [6.07, 6.45) is 3.68. The molecule has 1 N–H and O–H groups in total. The Bertz CT molecular complexity index is 703. The van der Waals surface area contributed by atoms with Gasteiger partial charge in [0.15, 0.2) is 4.34 Å². The number of pyridine rings is 1. The van der Waals surface area contributed by atoms with Crippen molar-refractivity contribution in [3.05, 3.63) is 27.9 Å². The second-order valence-corrected chi connectivity index (χ2v) is 7.28. The Morgan fingerprint density at radius 2 is 2.43 bits per heavy atom. The highest BCUT2D eigenvalue weighted by Gasteiger charge is 2.16. The highest BCUT2D eigenvalue weighted by Crippen LogP contribution is 2.33. The van der Waals surface area contributed by atoms with Gasteiger partial charge in [0.1, 0.15) is 11.2 Å². The van der Waals surface area contributed by atoms with E-state index >= 15 is 0 Å². The van der Waals surface area contributed by atoms with Crippen LogP contribution in [-0.4, -0.2) is 39.4 Å². The SMILES string of the molecule is Cc1cc([N+](=O)[O-])cnc1Sc1nnc(NCC2CCCO2)s1. The monoisotopic (exact) mass is 353 g/mol. The molecule has 3 heterocycles. The Labute approximate surface area is 140 Å². The summed E-state index contributed by atoms with van der Waals surface area (Å²) in [5.41, 5.74) is 0.733. The van der Waals surface area contributed by atoms with Crippen LogP contribution < -0.4 is 5.32 Å². The first-order valence-electron chi connectivity index (χ1n) is 7.09. The van der Waals surface area contributed by atoms with Gasteiger partial charge in [-0.1, -0.05) is 11.3 Å². The van der Waals surface area contributed by atoms with E-state index in [4.69, 9.17) is 4.74 Å². The Morgan fingerprint density at radius 3 is 3.13 bits per heavy atom. The number of nitro groups is 1. The Morgan fingerprint density at radius 1 is 1.57 bits per heavy atom. The van der Waals surface area contributed by atoms with Crippen LogP contribution in [-0.2, 0) is 4.74 Å². The molecule has 1 aliphatic heterocycles. The molecule has 1 unspecified atom stereocenters. The number of hydrogen-bond donors (Lipinski definition) is 1. The average molecular weight is 353 g/mol. The number of ether oxygens (including phenoxy) is 1. The molecule has 0 radical (unpaired) electrons. The summed E-state index contributed by atoms with van der Waals surface area (Å²) in [4.78, 5) is 14.4. The van der Waals surface area contributed by atoms with Crippen molar-refractivity contribution in [3.63, 3.8) is 0 Å². The van der Waals surface area contributed by atoms with Gasteiger partial charge in [-0.25, -0.2) is 4.98 Å². The highest BCUT2D eigenvalue weighted by atomic mass is 32.2. The average Bonchev–Trinajstić information content (AvgIpc) is 3.18. The van der Waals surface area contributed by atoms with Crippen LogP contribution >= 0.6 is 23.1 Å². The third kappa shape index (κ3) is 4.15. The van der Waals surface area contributed by atoms with E-state index in [1.165, 1.54) is 35.4 Å². The molecular formula is C13H15N5O3S2. The van der Waals surface area contributed by atoms with Crippen LogP contribution in [0.2, 0.25) is 0 Å². The van der Waals surface area contributed by atoms with E-state index in [0.29, 0.717) is 5.03 Å². The van der Waals surface area contributed by atoms with Crippen molar-refractivity contribution in [1.29, 1.82) is 0 Å². The maximum Gasteiger partial charge on any atom is 0.287 e. The molecule has 0 aromatic carbocycles. The van der Waals surface area contributed by atoms with E-state index in [1.807, 2.05) is 0 Å². The molecule has 0 amide bonds. The third-order valence-electron chi connectivity index (χ3n) is 3.32. The van der Waals surface area contributed by atoms with Crippen LogP contribution in [0, 0.1) is 17.0 Å². The predicted octanol–water partition coefficient (Wildman–Crippen LogP) is 2.89. The molecule has 122 valence electrons. The zero-order valence-electron chi connectivity index (χ0n) is 12.4. The zero-order valence-corrected chi connectivity index (χ0v) is 14.0. The molecule has 0 saturated carbocycles. The standard InChI is InChI=1S/C13H15N5O3S2/c1-8-5-9(18(19)20)6-14-11(8)22-13-17-16-12(23-13)15-7-10-3-2-4-21-10/h5-6,10H,2-4,7H2,1H3,(H,15,16). The molecule has 0 bridgehead atoms.